The summed E-state index contributed by atoms with van der Waals surface area (Å²) in [5.41, 5.74) is 1.15. The largest absolute Gasteiger partial charge is 0.481 e. The van der Waals surface area contributed by atoms with Crippen LogP contribution in [0.3, 0.4) is 0 Å². The molecule has 0 saturated carbocycles. The smallest absolute Gasteiger partial charge is 0.311 e. The summed E-state index contributed by atoms with van der Waals surface area (Å²) in [4.78, 5) is 25.9. The van der Waals surface area contributed by atoms with E-state index in [0.717, 1.165) is 11.1 Å². The van der Waals surface area contributed by atoms with Crippen LogP contribution in [-0.4, -0.2) is 42.1 Å². The number of methoxy groups -OCH3 is 1. The summed E-state index contributed by atoms with van der Waals surface area (Å²) in [6.45, 7) is 5.16. The second kappa shape index (κ2) is 7.13. The third-order valence-electron chi connectivity index (χ3n) is 4.84. The molecule has 126 valence electrons. The summed E-state index contributed by atoms with van der Waals surface area (Å²) in [5, 5.41) is 9.57. The lowest BCUT2D eigenvalue weighted by Crippen LogP contribution is -2.41. The van der Waals surface area contributed by atoms with Gasteiger partial charge in [0.1, 0.15) is 0 Å². The topological polar surface area (TPSA) is 66.8 Å². The van der Waals surface area contributed by atoms with Crippen LogP contribution < -0.4 is 0 Å². The molecule has 1 atom stereocenters. The van der Waals surface area contributed by atoms with E-state index in [1.54, 1.807) is 12.0 Å². The normalized spacial score (nSPS) is 21.0. The van der Waals surface area contributed by atoms with E-state index in [4.69, 9.17) is 4.74 Å². The van der Waals surface area contributed by atoms with Gasteiger partial charge in [-0.15, -0.1) is 0 Å². The van der Waals surface area contributed by atoms with Crippen LogP contribution >= 0.6 is 0 Å². The minimum atomic E-state index is -0.812. The molecule has 1 saturated heterocycles. The average molecular weight is 319 g/mol. The van der Waals surface area contributed by atoms with E-state index < -0.39 is 11.4 Å². The molecule has 0 radical (unpaired) electrons. The molecule has 1 heterocycles. The number of nitrogens with zero attached hydrogens (tertiary/aromatic N) is 1. The van der Waals surface area contributed by atoms with E-state index in [1.807, 2.05) is 38.1 Å². The summed E-state index contributed by atoms with van der Waals surface area (Å²) < 4.78 is 5.11. The van der Waals surface area contributed by atoms with Crippen LogP contribution in [0.5, 0.6) is 0 Å². The third-order valence-corrected chi connectivity index (χ3v) is 4.84. The minimum absolute atomic E-state index is 0.00262. The van der Waals surface area contributed by atoms with Crippen molar-refractivity contribution in [2.75, 3.05) is 20.2 Å². The number of amides is 1. The molecule has 1 N–H and O–H groups in total. The average Bonchev–Trinajstić information content (AvgIpc) is 2.95. The van der Waals surface area contributed by atoms with E-state index in [1.165, 1.54) is 0 Å². The number of carboxylic acid groups (broad SMARTS) is 1. The van der Waals surface area contributed by atoms with Crippen LogP contribution in [0.25, 0.3) is 0 Å². The maximum absolute atomic E-state index is 12.5. The highest BCUT2D eigenvalue weighted by atomic mass is 16.5. The molecule has 1 amide bonds. The number of carbonyl (C=O) groups is 2. The zero-order valence-electron chi connectivity index (χ0n) is 14.0. The first-order valence-electron chi connectivity index (χ1n) is 7.97. The van der Waals surface area contributed by atoms with Crippen LogP contribution in [0.15, 0.2) is 24.3 Å². The van der Waals surface area contributed by atoms with Gasteiger partial charge >= 0.3 is 5.97 Å². The van der Waals surface area contributed by atoms with E-state index in [2.05, 4.69) is 0 Å². The van der Waals surface area contributed by atoms with Crippen LogP contribution in [0.1, 0.15) is 31.4 Å². The fraction of sp³-hybridized carbons (Fsp3) is 0.556. The van der Waals surface area contributed by atoms with Gasteiger partial charge in [0.2, 0.25) is 5.91 Å². The Morgan fingerprint density at radius 1 is 1.35 bits per heavy atom. The van der Waals surface area contributed by atoms with Gasteiger partial charge in [-0.2, -0.15) is 0 Å². The lowest BCUT2D eigenvalue weighted by atomic mass is 9.76. The molecule has 23 heavy (non-hydrogen) atoms. The Balaban J connectivity index is 2.05. The molecule has 2 rings (SSSR count). The maximum Gasteiger partial charge on any atom is 0.311 e. The van der Waals surface area contributed by atoms with Crippen molar-refractivity contribution in [2.45, 2.75) is 33.3 Å². The van der Waals surface area contributed by atoms with Crippen molar-refractivity contribution in [1.29, 1.82) is 0 Å². The summed E-state index contributed by atoms with van der Waals surface area (Å²) in [6.07, 6.45) is 0.820. The number of benzene rings is 1. The van der Waals surface area contributed by atoms with Crippen LogP contribution in [0, 0.1) is 11.3 Å². The molecular formula is C18H25NO4. The summed E-state index contributed by atoms with van der Waals surface area (Å²) >= 11 is 0. The highest BCUT2D eigenvalue weighted by Gasteiger charge is 2.48. The number of aliphatic carboxylic acids is 1. The lowest BCUT2D eigenvalue weighted by Gasteiger charge is -2.28. The molecule has 1 aliphatic heterocycles. The number of rotatable bonds is 6. The Bertz CT molecular complexity index is 584. The van der Waals surface area contributed by atoms with Crippen LogP contribution in [0.4, 0.5) is 0 Å². The second-order valence-corrected chi connectivity index (χ2v) is 6.61. The molecule has 0 aliphatic carbocycles. The number of likely N-dealkylation sites (tertiary alicyclic amines) is 1. The first-order chi connectivity index (χ1) is 10.9. The van der Waals surface area contributed by atoms with Crippen molar-refractivity contribution >= 4 is 11.9 Å². The Morgan fingerprint density at radius 2 is 2.04 bits per heavy atom. The fourth-order valence-electron chi connectivity index (χ4n) is 3.22. The Morgan fingerprint density at radius 3 is 2.61 bits per heavy atom. The van der Waals surface area contributed by atoms with Gasteiger partial charge in [0.25, 0.3) is 0 Å². The molecule has 1 unspecified atom stereocenters. The summed E-state index contributed by atoms with van der Waals surface area (Å²) in [5.74, 6) is -0.809. The summed E-state index contributed by atoms with van der Waals surface area (Å²) in [6, 6.07) is 7.75. The number of carbonyl (C=O) groups excluding carboxylic acids is 1. The molecule has 1 aromatic carbocycles. The fourth-order valence-corrected chi connectivity index (χ4v) is 3.22. The van der Waals surface area contributed by atoms with Gasteiger partial charge in [0.05, 0.1) is 18.4 Å². The Kier molecular flexibility index (Phi) is 5.42. The first kappa shape index (κ1) is 17.5. The van der Waals surface area contributed by atoms with Crippen LogP contribution in [-0.2, 0) is 27.4 Å². The molecule has 5 heteroatoms. The number of carboxylic acids is 1. The van der Waals surface area contributed by atoms with Crippen molar-refractivity contribution in [3.05, 3.63) is 35.4 Å². The van der Waals surface area contributed by atoms with E-state index in [-0.39, 0.29) is 11.8 Å². The Hall–Kier alpha value is -1.88. The molecule has 0 bridgehead atoms. The maximum atomic E-state index is 12.5. The van der Waals surface area contributed by atoms with Gasteiger partial charge in [-0.25, -0.2) is 0 Å². The quantitative estimate of drug-likeness (QED) is 0.874. The summed E-state index contributed by atoms with van der Waals surface area (Å²) in [7, 11) is 1.64. The van der Waals surface area contributed by atoms with Crippen molar-refractivity contribution in [2.24, 2.45) is 11.3 Å². The lowest BCUT2D eigenvalue weighted by molar-refractivity contribution is -0.151. The minimum Gasteiger partial charge on any atom is -0.481 e. The predicted octanol–water partition coefficient (Wildman–Crippen LogP) is 2.33. The number of ether oxygens (including phenoxy) is 1. The van der Waals surface area contributed by atoms with E-state index in [9.17, 15) is 14.7 Å². The molecular weight excluding hydrogens is 294 g/mol. The van der Waals surface area contributed by atoms with Crippen molar-refractivity contribution in [1.82, 2.24) is 4.90 Å². The molecule has 0 spiro atoms. The highest BCUT2D eigenvalue weighted by molar-refractivity contribution is 5.82. The third kappa shape index (κ3) is 3.72. The van der Waals surface area contributed by atoms with Gasteiger partial charge in [0, 0.05) is 20.2 Å². The van der Waals surface area contributed by atoms with Gasteiger partial charge in [-0.1, -0.05) is 38.1 Å². The molecule has 1 aliphatic rings. The number of hydrogen-bond acceptors (Lipinski definition) is 3. The van der Waals surface area contributed by atoms with E-state index >= 15 is 0 Å². The zero-order chi connectivity index (χ0) is 17.0. The monoisotopic (exact) mass is 319 g/mol. The molecule has 5 nitrogen and oxygen atoms in total. The van der Waals surface area contributed by atoms with Crippen molar-refractivity contribution < 1.29 is 19.4 Å². The number of hydrogen-bond donors (Lipinski definition) is 1. The molecule has 0 aromatic heterocycles. The van der Waals surface area contributed by atoms with Crippen molar-refractivity contribution in [3.8, 4) is 0 Å². The Labute approximate surface area is 137 Å². The molecule has 1 fully saturated rings. The molecule has 1 aromatic rings. The van der Waals surface area contributed by atoms with Gasteiger partial charge < -0.3 is 14.7 Å². The van der Waals surface area contributed by atoms with Crippen LogP contribution in [0.2, 0.25) is 0 Å². The van der Waals surface area contributed by atoms with E-state index in [0.29, 0.717) is 32.5 Å². The van der Waals surface area contributed by atoms with Crippen molar-refractivity contribution in [3.63, 3.8) is 0 Å². The predicted molar refractivity (Wildman–Crippen MR) is 87.0 cm³/mol. The van der Waals surface area contributed by atoms with Gasteiger partial charge in [-0.05, 0) is 23.5 Å². The highest BCUT2D eigenvalue weighted by Crippen LogP contribution is 2.38. The SMILES string of the molecule is COCc1cccc(CC(=O)N2CCC(C(=O)O)(C(C)C)C2)c1. The second-order valence-electron chi connectivity index (χ2n) is 6.61. The zero-order valence-corrected chi connectivity index (χ0v) is 14.0. The standard InChI is InChI=1S/C18H25NO4/c1-13(2)18(17(21)22)7-8-19(12-18)16(20)10-14-5-4-6-15(9-14)11-23-3/h4-6,9,13H,7-8,10-12H2,1-3H3,(H,21,22). The van der Waals surface area contributed by atoms with Gasteiger partial charge in [0.15, 0.2) is 0 Å². The van der Waals surface area contributed by atoms with Gasteiger partial charge in [-0.3, -0.25) is 9.59 Å². The first-order valence-corrected chi connectivity index (χ1v) is 7.97.